The number of hydrogen-bond donors (Lipinski definition) is 3. The molecule has 2 aromatic rings. The van der Waals surface area contributed by atoms with E-state index in [1.165, 1.54) is 0 Å². The van der Waals surface area contributed by atoms with Gasteiger partial charge in [-0.25, -0.2) is 4.99 Å². The second kappa shape index (κ2) is 13.7. The number of methoxy groups -OCH3 is 1. The number of guanidine groups is 1. The fraction of sp³-hybridized carbons (Fsp3) is 0.364. The molecule has 0 heterocycles. The molecule has 0 spiro atoms. The van der Waals surface area contributed by atoms with Crippen molar-refractivity contribution in [2.24, 2.45) is 4.99 Å². The Labute approximate surface area is 195 Å². The molecule has 0 saturated carbocycles. The third kappa shape index (κ3) is 7.74. The quantitative estimate of drug-likeness (QED) is 0.261. The molecule has 0 atom stereocenters. The minimum Gasteiger partial charge on any atom is -0.493 e. The summed E-state index contributed by atoms with van der Waals surface area (Å²) in [5.41, 5.74) is 2.50. The maximum absolute atomic E-state index is 11.8. The third-order valence-corrected chi connectivity index (χ3v) is 4.04. The first-order valence-electron chi connectivity index (χ1n) is 9.84. The zero-order valence-electron chi connectivity index (χ0n) is 18.0. The van der Waals surface area contributed by atoms with E-state index in [1.807, 2.05) is 63.2 Å². The number of halogens is 1. The van der Waals surface area contributed by atoms with Gasteiger partial charge in [0.15, 0.2) is 17.5 Å². The van der Waals surface area contributed by atoms with Gasteiger partial charge in [-0.05, 0) is 50.6 Å². The van der Waals surface area contributed by atoms with E-state index in [-0.39, 0.29) is 29.9 Å². The van der Waals surface area contributed by atoms with Crippen molar-refractivity contribution >= 4 is 41.5 Å². The van der Waals surface area contributed by atoms with Crippen LogP contribution in [0.15, 0.2) is 47.5 Å². The molecule has 3 N–H and O–H groups in total. The first kappa shape index (κ1) is 25.5. The first-order valence-corrected chi connectivity index (χ1v) is 9.84. The standard InChI is InChI=1S/C22H30N4O3.HI/c1-5-23-21(27)17-10-8-16(9-11-17)15-25-22(24-6-2)26-18-12-13-19(29-7-3)20(14-18)28-4;/h8-14H,5-7,15H2,1-4H3,(H,23,27)(H2,24,25,26);1H. The van der Waals surface area contributed by atoms with Crippen LogP contribution in [0.1, 0.15) is 36.7 Å². The molecule has 7 nitrogen and oxygen atoms in total. The highest BCUT2D eigenvalue weighted by Gasteiger charge is 2.07. The van der Waals surface area contributed by atoms with E-state index >= 15 is 0 Å². The molecule has 164 valence electrons. The van der Waals surface area contributed by atoms with Crippen LogP contribution in [0.3, 0.4) is 0 Å². The normalized spacial score (nSPS) is 10.6. The Morgan fingerprint density at radius 3 is 2.27 bits per heavy atom. The number of anilines is 1. The number of carbonyl (C=O) groups is 1. The Balaban J connectivity index is 0.00000450. The van der Waals surface area contributed by atoms with Crippen molar-refractivity contribution in [3.63, 3.8) is 0 Å². The molecule has 1 amide bonds. The molecule has 0 aliphatic rings. The van der Waals surface area contributed by atoms with Crippen molar-refractivity contribution in [2.45, 2.75) is 27.3 Å². The fourth-order valence-electron chi connectivity index (χ4n) is 2.66. The van der Waals surface area contributed by atoms with Gasteiger partial charge in [0, 0.05) is 30.4 Å². The molecule has 8 heteroatoms. The van der Waals surface area contributed by atoms with Gasteiger partial charge in [0.05, 0.1) is 20.3 Å². The predicted octanol–water partition coefficient (Wildman–Crippen LogP) is 4.04. The number of rotatable bonds is 9. The molecule has 0 aliphatic heterocycles. The van der Waals surface area contributed by atoms with Crippen LogP contribution in [-0.2, 0) is 6.54 Å². The van der Waals surface area contributed by atoms with Crippen molar-refractivity contribution < 1.29 is 14.3 Å². The van der Waals surface area contributed by atoms with E-state index in [0.29, 0.717) is 42.7 Å². The molecule has 0 aromatic heterocycles. The molecular weight excluding hydrogens is 495 g/mol. The van der Waals surface area contributed by atoms with Crippen LogP contribution in [0.4, 0.5) is 5.69 Å². The number of amides is 1. The zero-order valence-corrected chi connectivity index (χ0v) is 20.3. The summed E-state index contributed by atoms with van der Waals surface area (Å²) in [5.74, 6) is 1.96. The van der Waals surface area contributed by atoms with Crippen LogP contribution in [0, 0.1) is 0 Å². The summed E-state index contributed by atoms with van der Waals surface area (Å²) in [5, 5.41) is 9.30. The van der Waals surface area contributed by atoms with Crippen molar-refractivity contribution in [1.29, 1.82) is 0 Å². The summed E-state index contributed by atoms with van der Waals surface area (Å²) in [4.78, 5) is 16.5. The number of aliphatic imine (C=N–C) groups is 1. The van der Waals surface area contributed by atoms with Crippen LogP contribution in [-0.4, -0.2) is 38.7 Å². The Morgan fingerprint density at radius 2 is 1.67 bits per heavy atom. The SMILES string of the molecule is CCNC(=O)c1ccc(CN=C(NCC)Nc2ccc(OCC)c(OC)c2)cc1.I. The monoisotopic (exact) mass is 526 g/mol. The summed E-state index contributed by atoms with van der Waals surface area (Å²) in [6, 6.07) is 13.1. The Hall–Kier alpha value is -2.49. The molecule has 0 fully saturated rings. The molecule has 2 rings (SSSR count). The van der Waals surface area contributed by atoms with Gasteiger partial charge in [0.2, 0.25) is 0 Å². The van der Waals surface area contributed by atoms with Gasteiger partial charge in [-0.2, -0.15) is 0 Å². The van der Waals surface area contributed by atoms with E-state index in [2.05, 4.69) is 20.9 Å². The van der Waals surface area contributed by atoms with E-state index in [1.54, 1.807) is 7.11 Å². The van der Waals surface area contributed by atoms with Gasteiger partial charge >= 0.3 is 0 Å². The number of carbonyl (C=O) groups excluding carboxylic acids is 1. The topological polar surface area (TPSA) is 84.0 Å². The van der Waals surface area contributed by atoms with E-state index in [0.717, 1.165) is 17.8 Å². The summed E-state index contributed by atoms with van der Waals surface area (Å²) < 4.78 is 11.0. The van der Waals surface area contributed by atoms with Crippen LogP contribution in [0.5, 0.6) is 11.5 Å². The highest BCUT2D eigenvalue weighted by Crippen LogP contribution is 2.30. The van der Waals surface area contributed by atoms with Crippen LogP contribution >= 0.6 is 24.0 Å². The lowest BCUT2D eigenvalue weighted by Crippen LogP contribution is -2.30. The van der Waals surface area contributed by atoms with Crippen LogP contribution in [0.25, 0.3) is 0 Å². The summed E-state index contributed by atoms with van der Waals surface area (Å²) >= 11 is 0. The first-order chi connectivity index (χ1) is 14.1. The van der Waals surface area contributed by atoms with Gasteiger partial charge in [-0.1, -0.05) is 12.1 Å². The minimum absolute atomic E-state index is 0. The van der Waals surface area contributed by atoms with E-state index in [4.69, 9.17) is 9.47 Å². The third-order valence-electron chi connectivity index (χ3n) is 4.04. The molecule has 0 unspecified atom stereocenters. The Bertz CT molecular complexity index is 826. The van der Waals surface area contributed by atoms with Gasteiger partial charge in [-0.3, -0.25) is 4.79 Å². The number of hydrogen-bond acceptors (Lipinski definition) is 4. The number of nitrogens with zero attached hydrogens (tertiary/aromatic N) is 1. The highest BCUT2D eigenvalue weighted by atomic mass is 127. The average molecular weight is 526 g/mol. The molecule has 0 radical (unpaired) electrons. The van der Waals surface area contributed by atoms with Crippen molar-refractivity contribution in [3.05, 3.63) is 53.6 Å². The molecule has 2 aromatic carbocycles. The second-order valence-electron chi connectivity index (χ2n) is 6.18. The molecule has 0 bridgehead atoms. The summed E-state index contributed by atoms with van der Waals surface area (Å²) in [6.07, 6.45) is 0. The van der Waals surface area contributed by atoms with Crippen LogP contribution < -0.4 is 25.4 Å². The van der Waals surface area contributed by atoms with E-state index < -0.39 is 0 Å². The number of benzene rings is 2. The van der Waals surface area contributed by atoms with Gasteiger partial charge in [0.1, 0.15) is 0 Å². The largest absolute Gasteiger partial charge is 0.493 e. The fourth-order valence-corrected chi connectivity index (χ4v) is 2.66. The lowest BCUT2D eigenvalue weighted by molar-refractivity contribution is 0.0956. The lowest BCUT2D eigenvalue weighted by Gasteiger charge is -2.14. The molecule has 0 saturated heterocycles. The number of ether oxygens (including phenoxy) is 2. The lowest BCUT2D eigenvalue weighted by atomic mass is 10.1. The molecule has 30 heavy (non-hydrogen) atoms. The maximum atomic E-state index is 11.8. The van der Waals surface area contributed by atoms with E-state index in [9.17, 15) is 4.79 Å². The predicted molar refractivity (Wildman–Crippen MR) is 132 cm³/mol. The second-order valence-corrected chi connectivity index (χ2v) is 6.18. The van der Waals surface area contributed by atoms with Crippen molar-refractivity contribution in [1.82, 2.24) is 10.6 Å². The van der Waals surface area contributed by atoms with Crippen LogP contribution in [0.2, 0.25) is 0 Å². The van der Waals surface area contributed by atoms with Crippen molar-refractivity contribution in [2.75, 3.05) is 32.1 Å². The average Bonchev–Trinajstić information content (AvgIpc) is 2.74. The smallest absolute Gasteiger partial charge is 0.251 e. The van der Waals surface area contributed by atoms with Gasteiger partial charge in [0.25, 0.3) is 5.91 Å². The maximum Gasteiger partial charge on any atom is 0.251 e. The van der Waals surface area contributed by atoms with Crippen molar-refractivity contribution in [3.8, 4) is 11.5 Å². The van der Waals surface area contributed by atoms with Gasteiger partial charge in [-0.15, -0.1) is 24.0 Å². The molecule has 0 aliphatic carbocycles. The molecular formula is C22H31IN4O3. The Kier molecular flexibility index (Phi) is 11.7. The zero-order chi connectivity index (χ0) is 21.1. The number of nitrogens with one attached hydrogen (secondary N) is 3. The minimum atomic E-state index is -0.0676. The Morgan fingerprint density at radius 1 is 0.967 bits per heavy atom. The summed E-state index contributed by atoms with van der Waals surface area (Å²) in [6.45, 7) is 8.25. The summed E-state index contributed by atoms with van der Waals surface area (Å²) in [7, 11) is 1.62. The van der Waals surface area contributed by atoms with Gasteiger partial charge < -0.3 is 25.4 Å². The highest BCUT2D eigenvalue weighted by molar-refractivity contribution is 14.0.